The molecule has 0 aliphatic rings. The van der Waals surface area contributed by atoms with Crippen LogP contribution in [-0.2, 0) is 21.4 Å². The Labute approximate surface area is 115 Å². The third-order valence-electron chi connectivity index (χ3n) is 1.93. The van der Waals surface area contributed by atoms with Crippen LogP contribution < -0.4 is 0 Å². The van der Waals surface area contributed by atoms with E-state index in [-0.39, 0.29) is 6.07 Å². The standard InChI is InChI=1S/C8H2BrClF6O2S/c9-5-2-3(19(10,17)18)1-4(7(11,12)13)6(5)8(14,15)16/h1-2H. The van der Waals surface area contributed by atoms with Gasteiger partial charge in [-0.15, -0.1) is 0 Å². The van der Waals surface area contributed by atoms with E-state index < -0.39 is 41.9 Å². The van der Waals surface area contributed by atoms with Gasteiger partial charge in [-0.25, -0.2) is 8.42 Å². The summed E-state index contributed by atoms with van der Waals surface area (Å²) in [4.78, 5) is -1.08. The SMILES string of the molecule is O=S(=O)(Cl)c1cc(Br)c(C(F)(F)F)c(C(F)(F)F)c1. The largest absolute Gasteiger partial charge is 0.418 e. The maximum Gasteiger partial charge on any atom is 0.418 e. The maximum absolute atomic E-state index is 12.6. The predicted octanol–water partition coefficient (Wildman–Crippen LogP) is 4.41. The lowest BCUT2D eigenvalue weighted by Gasteiger charge is -2.17. The van der Waals surface area contributed by atoms with Crippen LogP contribution in [0.25, 0.3) is 0 Å². The second-order valence-corrected chi connectivity index (χ2v) is 6.68. The van der Waals surface area contributed by atoms with Gasteiger partial charge in [0.25, 0.3) is 9.05 Å². The van der Waals surface area contributed by atoms with Gasteiger partial charge in [-0.3, -0.25) is 0 Å². The van der Waals surface area contributed by atoms with Crippen molar-refractivity contribution < 1.29 is 34.8 Å². The van der Waals surface area contributed by atoms with Gasteiger partial charge in [0.1, 0.15) is 0 Å². The predicted molar refractivity (Wildman–Crippen MR) is 57.2 cm³/mol. The fourth-order valence-corrected chi connectivity index (χ4v) is 2.86. The molecule has 0 amide bonds. The molecule has 0 spiro atoms. The first-order valence-corrected chi connectivity index (χ1v) is 7.27. The molecule has 0 bridgehead atoms. The van der Waals surface area contributed by atoms with Crippen LogP contribution in [0, 0.1) is 0 Å². The molecule has 11 heteroatoms. The summed E-state index contributed by atoms with van der Waals surface area (Å²) in [6, 6.07) is 0.205. The zero-order valence-corrected chi connectivity index (χ0v) is 11.6. The molecule has 1 rings (SSSR count). The summed E-state index contributed by atoms with van der Waals surface area (Å²) in [7, 11) is 0.227. The van der Waals surface area contributed by atoms with Crippen LogP contribution in [0.5, 0.6) is 0 Å². The zero-order valence-electron chi connectivity index (χ0n) is 8.40. The van der Waals surface area contributed by atoms with Crippen LogP contribution in [-0.4, -0.2) is 8.42 Å². The molecule has 0 N–H and O–H groups in total. The van der Waals surface area contributed by atoms with Crippen LogP contribution >= 0.6 is 26.6 Å². The molecule has 1 aromatic rings. The normalized spacial score (nSPS) is 13.7. The lowest BCUT2D eigenvalue weighted by atomic mass is 10.1. The molecule has 0 saturated heterocycles. The first-order chi connectivity index (χ1) is 8.24. The summed E-state index contributed by atoms with van der Waals surface area (Å²) in [5, 5.41) is 0. The van der Waals surface area contributed by atoms with Gasteiger partial charge in [0.15, 0.2) is 0 Å². The van der Waals surface area contributed by atoms with Crippen LogP contribution in [0.1, 0.15) is 11.1 Å². The highest BCUT2D eigenvalue weighted by Gasteiger charge is 2.45. The average Bonchev–Trinajstić information content (AvgIpc) is 2.11. The summed E-state index contributed by atoms with van der Waals surface area (Å²) in [5.41, 5.74) is -4.14. The average molecular weight is 392 g/mol. The van der Waals surface area contributed by atoms with Gasteiger partial charge in [0, 0.05) is 15.2 Å². The fraction of sp³-hybridized carbons (Fsp3) is 0.250. The van der Waals surface area contributed by atoms with Gasteiger partial charge in [-0.1, -0.05) is 15.9 Å². The molecule has 0 aromatic heterocycles. The lowest BCUT2D eigenvalue weighted by Crippen LogP contribution is -2.18. The highest BCUT2D eigenvalue weighted by atomic mass is 79.9. The second kappa shape index (κ2) is 4.81. The van der Waals surface area contributed by atoms with Gasteiger partial charge in [0.2, 0.25) is 0 Å². The van der Waals surface area contributed by atoms with Crippen molar-refractivity contribution in [3.63, 3.8) is 0 Å². The van der Waals surface area contributed by atoms with E-state index in [4.69, 9.17) is 10.7 Å². The van der Waals surface area contributed by atoms with Gasteiger partial charge < -0.3 is 0 Å². The third-order valence-corrected chi connectivity index (χ3v) is 3.89. The molecule has 108 valence electrons. The lowest BCUT2D eigenvalue weighted by molar-refractivity contribution is -0.162. The molecular formula is C8H2BrClF6O2S. The van der Waals surface area contributed by atoms with E-state index >= 15 is 0 Å². The van der Waals surface area contributed by atoms with Gasteiger partial charge in [-0.05, 0) is 12.1 Å². The summed E-state index contributed by atoms with van der Waals surface area (Å²) in [6.07, 6.45) is -10.7. The van der Waals surface area contributed by atoms with E-state index in [9.17, 15) is 34.8 Å². The third kappa shape index (κ3) is 3.76. The van der Waals surface area contributed by atoms with Crippen LogP contribution in [0.4, 0.5) is 26.3 Å². The van der Waals surface area contributed by atoms with Crippen LogP contribution in [0.2, 0.25) is 0 Å². The van der Waals surface area contributed by atoms with Crippen molar-refractivity contribution in [2.75, 3.05) is 0 Å². The Kier molecular flexibility index (Phi) is 4.20. The monoisotopic (exact) mass is 390 g/mol. The number of halogens is 8. The Morgan fingerprint density at radius 1 is 1.00 bits per heavy atom. The van der Waals surface area contributed by atoms with Gasteiger partial charge >= 0.3 is 12.4 Å². The minimum absolute atomic E-state index is 0.157. The smallest absolute Gasteiger partial charge is 0.207 e. The number of alkyl halides is 6. The molecule has 1 aromatic carbocycles. The Morgan fingerprint density at radius 2 is 1.47 bits per heavy atom. The number of rotatable bonds is 1. The molecular weight excluding hydrogens is 389 g/mol. The van der Waals surface area contributed by atoms with E-state index in [1.165, 1.54) is 0 Å². The van der Waals surface area contributed by atoms with E-state index in [0.717, 1.165) is 0 Å². The Bertz CT molecular complexity index is 607. The van der Waals surface area contributed by atoms with Crippen molar-refractivity contribution in [2.24, 2.45) is 0 Å². The van der Waals surface area contributed by atoms with E-state index in [1.54, 1.807) is 0 Å². The number of hydrogen-bond donors (Lipinski definition) is 0. The summed E-state index contributed by atoms with van der Waals surface area (Å²) >= 11 is 2.28. The molecule has 0 unspecified atom stereocenters. The Balaban J connectivity index is 3.78. The first-order valence-electron chi connectivity index (χ1n) is 4.17. The molecule has 0 aliphatic heterocycles. The topological polar surface area (TPSA) is 34.1 Å². The van der Waals surface area contributed by atoms with Crippen molar-refractivity contribution in [1.82, 2.24) is 0 Å². The minimum Gasteiger partial charge on any atom is -0.207 e. The molecule has 0 aliphatic carbocycles. The molecule has 2 nitrogen and oxygen atoms in total. The minimum atomic E-state index is -5.38. The molecule has 19 heavy (non-hydrogen) atoms. The number of hydrogen-bond acceptors (Lipinski definition) is 2. The fourth-order valence-electron chi connectivity index (χ4n) is 1.23. The second-order valence-electron chi connectivity index (χ2n) is 3.26. The van der Waals surface area contributed by atoms with Crippen molar-refractivity contribution in [2.45, 2.75) is 17.2 Å². The maximum atomic E-state index is 12.6. The van der Waals surface area contributed by atoms with E-state index in [2.05, 4.69) is 15.9 Å². The first kappa shape index (κ1) is 16.6. The number of benzene rings is 1. The molecule has 0 fully saturated rings. The van der Waals surface area contributed by atoms with Gasteiger partial charge in [-0.2, -0.15) is 26.3 Å². The van der Waals surface area contributed by atoms with Crippen LogP contribution in [0.3, 0.4) is 0 Å². The van der Waals surface area contributed by atoms with Crippen LogP contribution in [0.15, 0.2) is 21.5 Å². The molecule has 0 atom stereocenters. The van der Waals surface area contributed by atoms with Crippen molar-refractivity contribution in [1.29, 1.82) is 0 Å². The highest BCUT2D eigenvalue weighted by Crippen LogP contribution is 2.45. The van der Waals surface area contributed by atoms with Crippen molar-refractivity contribution in [3.8, 4) is 0 Å². The highest BCUT2D eigenvalue weighted by molar-refractivity contribution is 9.10. The van der Waals surface area contributed by atoms with E-state index in [0.29, 0.717) is 6.07 Å². The quantitative estimate of drug-likeness (QED) is 0.525. The van der Waals surface area contributed by atoms with Crippen molar-refractivity contribution in [3.05, 3.63) is 27.7 Å². The molecule has 0 heterocycles. The van der Waals surface area contributed by atoms with Crippen molar-refractivity contribution >= 4 is 35.7 Å². The van der Waals surface area contributed by atoms with E-state index in [1.807, 2.05) is 0 Å². The Hall–Kier alpha value is -0.480. The summed E-state index contributed by atoms with van der Waals surface area (Å²) < 4.78 is 96.2. The molecule has 0 radical (unpaired) electrons. The van der Waals surface area contributed by atoms with Gasteiger partial charge in [0.05, 0.1) is 16.0 Å². The Morgan fingerprint density at radius 3 is 1.79 bits per heavy atom. The molecule has 0 saturated carbocycles. The summed E-state index contributed by atoms with van der Waals surface area (Å²) in [5.74, 6) is 0. The zero-order chi connectivity index (χ0) is 15.2. The summed E-state index contributed by atoms with van der Waals surface area (Å²) in [6.45, 7) is 0.